The highest BCUT2D eigenvalue weighted by Gasteiger charge is 2.53. The summed E-state index contributed by atoms with van der Waals surface area (Å²) in [5, 5.41) is 5.52. The number of rotatable bonds is 4. The van der Waals surface area contributed by atoms with E-state index in [1.54, 1.807) is 4.90 Å². The first-order valence-electron chi connectivity index (χ1n) is 11.3. The van der Waals surface area contributed by atoms with Crippen molar-refractivity contribution in [2.75, 3.05) is 4.90 Å². The quantitative estimate of drug-likeness (QED) is 0.675. The molecule has 1 aromatic heterocycles. The second-order valence-electron chi connectivity index (χ2n) is 9.06. The number of carbonyl (C=O) groups excluding carboxylic acids is 4. The number of nitrogens with one attached hydrogen (secondary N) is 2. The van der Waals surface area contributed by atoms with Gasteiger partial charge in [0, 0.05) is 17.0 Å². The van der Waals surface area contributed by atoms with Crippen LogP contribution in [-0.4, -0.2) is 34.3 Å². The van der Waals surface area contributed by atoms with Crippen molar-refractivity contribution in [3.05, 3.63) is 52.2 Å². The van der Waals surface area contributed by atoms with Crippen LogP contribution >= 0.6 is 11.3 Å². The monoisotopic (exact) mass is 466 g/mol. The molecule has 0 bridgehead atoms. The van der Waals surface area contributed by atoms with Gasteiger partial charge in [-0.25, -0.2) is 4.79 Å². The van der Waals surface area contributed by atoms with Crippen LogP contribution in [0, 0.1) is 12.8 Å². The summed E-state index contributed by atoms with van der Waals surface area (Å²) in [6.07, 6.45) is 3.89. The molecule has 3 fully saturated rings. The van der Waals surface area contributed by atoms with Gasteiger partial charge in [0.1, 0.15) is 5.54 Å². The third-order valence-electron chi connectivity index (χ3n) is 6.90. The lowest BCUT2D eigenvalue weighted by atomic mass is 9.82. The Labute approximate surface area is 195 Å². The molecule has 2 aliphatic heterocycles. The second kappa shape index (κ2) is 8.30. The lowest BCUT2D eigenvalue weighted by Gasteiger charge is -2.30. The molecule has 1 saturated carbocycles. The zero-order valence-corrected chi connectivity index (χ0v) is 19.2. The Hall–Kier alpha value is -3.20. The first-order valence-corrected chi connectivity index (χ1v) is 12.2. The van der Waals surface area contributed by atoms with E-state index in [4.69, 9.17) is 0 Å². The van der Waals surface area contributed by atoms with Crippen LogP contribution in [-0.2, 0) is 14.4 Å². The molecule has 172 valence electrons. The number of hydrogen-bond acceptors (Lipinski definition) is 5. The van der Waals surface area contributed by atoms with E-state index in [1.165, 1.54) is 11.3 Å². The zero-order chi connectivity index (χ0) is 23.2. The molecule has 1 aliphatic carbocycles. The maximum atomic E-state index is 13.4. The summed E-state index contributed by atoms with van der Waals surface area (Å²) in [5.41, 5.74) is 3.41. The van der Waals surface area contributed by atoms with E-state index in [2.05, 4.69) is 10.7 Å². The molecule has 1 spiro atoms. The fourth-order valence-corrected chi connectivity index (χ4v) is 6.05. The molecule has 3 heterocycles. The highest BCUT2D eigenvalue weighted by molar-refractivity contribution is 7.10. The van der Waals surface area contributed by atoms with E-state index in [-0.39, 0.29) is 12.3 Å². The maximum Gasteiger partial charge on any atom is 0.344 e. The number of carbonyl (C=O) groups is 4. The lowest BCUT2D eigenvalue weighted by molar-refractivity contribution is -0.141. The molecule has 33 heavy (non-hydrogen) atoms. The molecule has 0 radical (unpaired) electrons. The molecule has 9 heteroatoms. The average molecular weight is 467 g/mol. The summed E-state index contributed by atoms with van der Waals surface area (Å²) < 4.78 is 0. The molecule has 0 unspecified atom stereocenters. The summed E-state index contributed by atoms with van der Waals surface area (Å²) in [5.74, 6) is -1.82. The van der Waals surface area contributed by atoms with Gasteiger partial charge < -0.3 is 10.2 Å². The standard InChI is InChI=1S/C24H26N4O4S/c1-15-7-9-16(10-8-15)27-19(29)14-17(20(27)18-6-5-13-33-18)21(30)26-28-22(31)24(25-23(28)32)11-3-2-4-12-24/h5-10,13,17,20H,2-4,11-12,14H2,1H3,(H,25,32)(H,26,30)/t17-,20-/m1/s1. The van der Waals surface area contributed by atoms with Gasteiger partial charge >= 0.3 is 6.03 Å². The van der Waals surface area contributed by atoms with Crippen molar-refractivity contribution in [1.29, 1.82) is 0 Å². The molecule has 1 aromatic carbocycles. The van der Waals surface area contributed by atoms with Crippen molar-refractivity contribution in [2.24, 2.45) is 5.92 Å². The number of hydrazine groups is 1. The van der Waals surface area contributed by atoms with E-state index < -0.39 is 35.3 Å². The van der Waals surface area contributed by atoms with E-state index >= 15 is 0 Å². The van der Waals surface area contributed by atoms with E-state index in [0.29, 0.717) is 12.8 Å². The van der Waals surface area contributed by atoms with Crippen molar-refractivity contribution in [3.63, 3.8) is 0 Å². The van der Waals surface area contributed by atoms with Crippen LogP contribution < -0.4 is 15.6 Å². The fraction of sp³-hybridized carbons (Fsp3) is 0.417. The van der Waals surface area contributed by atoms with Gasteiger partial charge in [0.25, 0.3) is 5.91 Å². The number of anilines is 1. The predicted octanol–water partition coefficient (Wildman–Crippen LogP) is 3.44. The van der Waals surface area contributed by atoms with Crippen LogP contribution in [0.3, 0.4) is 0 Å². The largest absolute Gasteiger partial charge is 0.344 e. The third kappa shape index (κ3) is 3.70. The lowest BCUT2D eigenvalue weighted by Crippen LogP contribution is -2.52. The number of urea groups is 1. The highest BCUT2D eigenvalue weighted by Crippen LogP contribution is 2.43. The molecule has 2 atom stereocenters. The van der Waals surface area contributed by atoms with Crippen LogP contribution in [0.4, 0.5) is 10.5 Å². The van der Waals surface area contributed by atoms with Crippen molar-refractivity contribution in [1.82, 2.24) is 15.8 Å². The van der Waals surface area contributed by atoms with Gasteiger partial charge in [-0.15, -0.1) is 11.3 Å². The summed E-state index contributed by atoms with van der Waals surface area (Å²) in [6, 6.07) is 10.3. The topological polar surface area (TPSA) is 98.8 Å². The van der Waals surface area contributed by atoms with Gasteiger partial charge in [0.05, 0.1) is 12.0 Å². The Balaban J connectivity index is 1.41. The van der Waals surface area contributed by atoms with Gasteiger partial charge in [-0.05, 0) is 43.3 Å². The number of benzene rings is 1. The molecule has 2 N–H and O–H groups in total. The number of nitrogens with zero attached hydrogens (tertiary/aromatic N) is 2. The Morgan fingerprint density at radius 3 is 2.48 bits per heavy atom. The van der Waals surface area contributed by atoms with Crippen molar-refractivity contribution < 1.29 is 19.2 Å². The molecule has 3 aliphatic rings. The minimum absolute atomic E-state index is 0.00291. The van der Waals surface area contributed by atoms with Crippen LogP contribution in [0.1, 0.15) is 55.0 Å². The molecular weight excluding hydrogens is 440 g/mol. The molecule has 2 aromatic rings. The number of imide groups is 1. The molecule has 8 nitrogen and oxygen atoms in total. The molecule has 5 amide bonds. The van der Waals surface area contributed by atoms with Crippen LogP contribution in [0.25, 0.3) is 0 Å². The van der Waals surface area contributed by atoms with Gasteiger partial charge in [-0.1, -0.05) is 43.0 Å². The predicted molar refractivity (Wildman–Crippen MR) is 123 cm³/mol. The SMILES string of the molecule is Cc1ccc(N2C(=O)C[C@@H](C(=O)NN3C(=O)NC4(CCCCC4)C3=O)[C@@H]2c2cccs2)cc1. The highest BCUT2D eigenvalue weighted by atomic mass is 32.1. The van der Waals surface area contributed by atoms with Gasteiger partial charge in [0.2, 0.25) is 11.8 Å². The van der Waals surface area contributed by atoms with Crippen molar-refractivity contribution in [3.8, 4) is 0 Å². The summed E-state index contributed by atoms with van der Waals surface area (Å²) in [4.78, 5) is 54.7. The first kappa shape index (κ1) is 21.6. The maximum absolute atomic E-state index is 13.4. The number of amides is 5. The van der Waals surface area contributed by atoms with Crippen LogP contribution in [0.5, 0.6) is 0 Å². The molecule has 2 saturated heterocycles. The van der Waals surface area contributed by atoms with Crippen LogP contribution in [0.15, 0.2) is 41.8 Å². The van der Waals surface area contributed by atoms with Crippen LogP contribution in [0.2, 0.25) is 0 Å². The normalized spacial score (nSPS) is 24.5. The smallest absolute Gasteiger partial charge is 0.322 e. The molecular formula is C24H26N4O4S. The Kier molecular flexibility index (Phi) is 5.44. The number of hydrogen-bond donors (Lipinski definition) is 2. The second-order valence-corrected chi connectivity index (χ2v) is 10.0. The average Bonchev–Trinajstić information content (AvgIpc) is 3.50. The summed E-state index contributed by atoms with van der Waals surface area (Å²) in [7, 11) is 0. The Morgan fingerprint density at radius 1 is 1.09 bits per heavy atom. The van der Waals surface area contributed by atoms with E-state index in [9.17, 15) is 19.2 Å². The zero-order valence-electron chi connectivity index (χ0n) is 18.4. The Morgan fingerprint density at radius 2 is 1.82 bits per heavy atom. The number of aryl methyl sites for hydroxylation is 1. The summed E-state index contributed by atoms with van der Waals surface area (Å²) >= 11 is 1.47. The number of thiophene rings is 1. The van der Waals surface area contributed by atoms with Crippen molar-refractivity contribution in [2.45, 2.75) is 57.0 Å². The van der Waals surface area contributed by atoms with Crippen molar-refractivity contribution >= 4 is 40.8 Å². The third-order valence-corrected chi connectivity index (χ3v) is 7.84. The first-order chi connectivity index (χ1) is 15.9. The minimum atomic E-state index is -0.921. The fourth-order valence-electron chi connectivity index (χ4n) is 5.17. The van der Waals surface area contributed by atoms with Gasteiger partial charge in [-0.2, -0.15) is 5.01 Å². The van der Waals surface area contributed by atoms with Gasteiger partial charge in [-0.3, -0.25) is 19.8 Å². The molecule has 5 rings (SSSR count). The summed E-state index contributed by atoms with van der Waals surface area (Å²) in [6.45, 7) is 1.97. The Bertz CT molecular complexity index is 1090. The van der Waals surface area contributed by atoms with E-state index in [1.807, 2.05) is 48.7 Å². The minimum Gasteiger partial charge on any atom is -0.322 e. The van der Waals surface area contributed by atoms with Gasteiger partial charge in [0.15, 0.2) is 0 Å². The van der Waals surface area contributed by atoms with E-state index in [0.717, 1.165) is 40.4 Å².